The molecule has 0 atom stereocenters. The molecule has 17 heavy (non-hydrogen) atoms. The highest BCUT2D eigenvalue weighted by Gasteiger charge is 2.01. The number of alkyl halides is 1. The minimum absolute atomic E-state index is 0.231. The number of aromatic nitrogens is 2. The molecule has 0 spiro atoms. The molecule has 2 rings (SSSR count). The second kappa shape index (κ2) is 5.98. The average molecular weight is 269 g/mol. The second-order valence-electron chi connectivity index (χ2n) is 3.34. The van der Waals surface area contributed by atoms with Gasteiger partial charge in [-0.1, -0.05) is 6.07 Å². The summed E-state index contributed by atoms with van der Waals surface area (Å²) in [6.45, 7) is 0. The quantitative estimate of drug-likeness (QED) is 0.625. The van der Waals surface area contributed by atoms with E-state index in [9.17, 15) is 4.39 Å². The van der Waals surface area contributed by atoms with Gasteiger partial charge in [0.25, 0.3) is 0 Å². The van der Waals surface area contributed by atoms with Gasteiger partial charge in [-0.25, -0.2) is 14.4 Å². The van der Waals surface area contributed by atoms with Gasteiger partial charge in [0.15, 0.2) is 0 Å². The van der Waals surface area contributed by atoms with Crippen molar-refractivity contribution in [1.82, 2.24) is 9.97 Å². The number of thioether (sulfide) groups is 1. The first kappa shape index (κ1) is 12.3. The predicted molar refractivity (Wildman–Crippen MR) is 67.6 cm³/mol. The van der Waals surface area contributed by atoms with E-state index in [2.05, 4.69) is 9.97 Å². The van der Waals surface area contributed by atoms with Crippen molar-refractivity contribution >= 4 is 23.4 Å². The summed E-state index contributed by atoms with van der Waals surface area (Å²) in [5.41, 5.74) is 0.802. The first-order valence-electron chi connectivity index (χ1n) is 5.03. The molecule has 0 bridgehead atoms. The highest BCUT2D eigenvalue weighted by molar-refractivity contribution is 7.98. The summed E-state index contributed by atoms with van der Waals surface area (Å²) in [4.78, 5) is 9.28. The lowest BCUT2D eigenvalue weighted by atomic mass is 10.4. The Hall–Kier alpha value is -1.13. The molecule has 1 heterocycles. The maximum absolute atomic E-state index is 12.9. The fourth-order valence-electron chi connectivity index (χ4n) is 1.29. The maximum Gasteiger partial charge on any atom is 0.138 e. The molecule has 0 N–H and O–H groups in total. The Bertz CT molecular complexity index is 507. The number of hydrogen-bond acceptors (Lipinski definition) is 3. The molecule has 2 aromatic rings. The molecule has 0 aliphatic rings. The molecule has 0 saturated carbocycles. The van der Waals surface area contributed by atoms with Crippen LogP contribution in [0.3, 0.4) is 0 Å². The van der Waals surface area contributed by atoms with Crippen molar-refractivity contribution in [3.05, 3.63) is 53.9 Å². The number of benzene rings is 1. The van der Waals surface area contributed by atoms with Crippen molar-refractivity contribution in [2.75, 3.05) is 0 Å². The van der Waals surface area contributed by atoms with Crippen LogP contribution in [0.4, 0.5) is 4.39 Å². The molecule has 0 aliphatic carbocycles. The largest absolute Gasteiger partial charge is 0.240 e. The number of nitrogens with zero attached hydrogens (tertiary/aromatic N) is 2. The van der Waals surface area contributed by atoms with Crippen LogP contribution in [0, 0.1) is 5.82 Å². The molecular formula is C12H10ClFN2S. The van der Waals surface area contributed by atoms with Crippen molar-refractivity contribution in [2.24, 2.45) is 0 Å². The Kier molecular flexibility index (Phi) is 4.34. The number of halogens is 2. The molecule has 1 aromatic carbocycles. The molecule has 1 aromatic heterocycles. The normalized spacial score (nSPS) is 10.5. The zero-order valence-electron chi connectivity index (χ0n) is 8.94. The molecular weight excluding hydrogens is 259 g/mol. The molecule has 0 radical (unpaired) electrons. The van der Waals surface area contributed by atoms with Crippen LogP contribution in [0.2, 0.25) is 0 Å². The third kappa shape index (κ3) is 3.68. The second-order valence-corrected chi connectivity index (χ2v) is 4.66. The average Bonchev–Trinajstić information content (AvgIpc) is 2.37. The van der Waals surface area contributed by atoms with Crippen LogP contribution in [0.1, 0.15) is 11.5 Å². The fourth-order valence-corrected chi connectivity index (χ4v) is 2.24. The summed E-state index contributed by atoms with van der Waals surface area (Å²) in [6.07, 6.45) is 1.69. The molecule has 88 valence electrons. The van der Waals surface area contributed by atoms with Crippen LogP contribution in [-0.2, 0) is 11.6 Å². The van der Waals surface area contributed by atoms with Gasteiger partial charge < -0.3 is 0 Å². The first-order valence-corrected chi connectivity index (χ1v) is 6.55. The highest BCUT2D eigenvalue weighted by atomic mass is 35.5. The van der Waals surface area contributed by atoms with Crippen molar-refractivity contribution < 1.29 is 4.39 Å². The summed E-state index contributed by atoms with van der Waals surface area (Å²) in [7, 11) is 0. The van der Waals surface area contributed by atoms with E-state index in [0.717, 1.165) is 10.6 Å². The molecule has 5 heteroatoms. The minimum atomic E-state index is -0.231. The molecule has 0 saturated heterocycles. The summed E-state index contributed by atoms with van der Waals surface area (Å²) in [5, 5.41) is 0. The third-order valence-corrected chi connectivity index (χ3v) is 3.33. The maximum atomic E-state index is 12.9. The van der Waals surface area contributed by atoms with Gasteiger partial charge in [-0.3, -0.25) is 0 Å². The SMILES string of the molecule is Fc1cccc(SCc2nccc(CCl)n2)c1. The lowest BCUT2D eigenvalue weighted by molar-refractivity contribution is 0.624. The first-order chi connectivity index (χ1) is 8.28. The molecule has 0 unspecified atom stereocenters. The van der Waals surface area contributed by atoms with Crippen LogP contribution in [0.5, 0.6) is 0 Å². The van der Waals surface area contributed by atoms with E-state index in [0.29, 0.717) is 17.5 Å². The topological polar surface area (TPSA) is 25.8 Å². The highest BCUT2D eigenvalue weighted by Crippen LogP contribution is 2.21. The fraction of sp³-hybridized carbons (Fsp3) is 0.167. The minimum Gasteiger partial charge on any atom is -0.240 e. The van der Waals surface area contributed by atoms with Crippen LogP contribution in [0.15, 0.2) is 41.4 Å². The van der Waals surface area contributed by atoms with Gasteiger partial charge >= 0.3 is 0 Å². The molecule has 0 fully saturated rings. The van der Waals surface area contributed by atoms with Gasteiger partial charge in [0.2, 0.25) is 0 Å². The van der Waals surface area contributed by atoms with Gasteiger partial charge in [0, 0.05) is 11.1 Å². The van der Waals surface area contributed by atoms with Gasteiger partial charge in [0.05, 0.1) is 17.3 Å². The lowest BCUT2D eigenvalue weighted by Gasteiger charge is -2.02. The summed E-state index contributed by atoms with van der Waals surface area (Å²) >= 11 is 7.19. The Morgan fingerprint density at radius 2 is 2.18 bits per heavy atom. The summed E-state index contributed by atoms with van der Waals surface area (Å²) in [5.74, 6) is 1.46. The van der Waals surface area contributed by atoms with Gasteiger partial charge in [-0.2, -0.15) is 0 Å². The van der Waals surface area contributed by atoms with E-state index < -0.39 is 0 Å². The summed E-state index contributed by atoms with van der Waals surface area (Å²) < 4.78 is 12.9. The molecule has 2 nitrogen and oxygen atoms in total. The molecule has 0 amide bonds. The number of hydrogen-bond donors (Lipinski definition) is 0. The van der Waals surface area contributed by atoms with E-state index in [4.69, 9.17) is 11.6 Å². The standard InChI is InChI=1S/C12H10ClFN2S/c13-7-10-4-5-15-12(16-10)8-17-11-3-1-2-9(14)6-11/h1-6H,7-8H2. The van der Waals surface area contributed by atoms with E-state index in [1.54, 1.807) is 18.3 Å². The van der Waals surface area contributed by atoms with Gasteiger partial charge in [0.1, 0.15) is 11.6 Å². The van der Waals surface area contributed by atoms with E-state index in [1.807, 2.05) is 6.07 Å². The van der Waals surface area contributed by atoms with Crippen molar-refractivity contribution in [1.29, 1.82) is 0 Å². The van der Waals surface area contributed by atoms with E-state index in [-0.39, 0.29) is 5.82 Å². The molecule has 0 aliphatic heterocycles. The van der Waals surface area contributed by atoms with Crippen LogP contribution >= 0.6 is 23.4 Å². The third-order valence-electron chi connectivity index (χ3n) is 2.06. The van der Waals surface area contributed by atoms with Gasteiger partial charge in [-0.15, -0.1) is 23.4 Å². The number of rotatable bonds is 4. The Morgan fingerprint density at radius 1 is 1.29 bits per heavy atom. The Balaban J connectivity index is 2.02. The smallest absolute Gasteiger partial charge is 0.138 e. The Morgan fingerprint density at radius 3 is 2.94 bits per heavy atom. The van der Waals surface area contributed by atoms with Gasteiger partial charge in [-0.05, 0) is 24.3 Å². The van der Waals surface area contributed by atoms with E-state index >= 15 is 0 Å². The van der Waals surface area contributed by atoms with E-state index in [1.165, 1.54) is 23.9 Å². The van der Waals surface area contributed by atoms with Crippen LogP contribution in [0.25, 0.3) is 0 Å². The Labute approximate surface area is 108 Å². The predicted octanol–water partition coefficient (Wildman–Crippen LogP) is 3.65. The lowest BCUT2D eigenvalue weighted by Crippen LogP contribution is -1.95. The van der Waals surface area contributed by atoms with Crippen molar-refractivity contribution in [2.45, 2.75) is 16.5 Å². The zero-order valence-corrected chi connectivity index (χ0v) is 10.5. The van der Waals surface area contributed by atoms with Crippen LogP contribution < -0.4 is 0 Å². The zero-order chi connectivity index (χ0) is 12.1. The summed E-state index contributed by atoms with van der Waals surface area (Å²) in [6, 6.07) is 8.25. The monoisotopic (exact) mass is 268 g/mol. The van der Waals surface area contributed by atoms with Crippen molar-refractivity contribution in [3.63, 3.8) is 0 Å². The van der Waals surface area contributed by atoms with Crippen molar-refractivity contribution in [3.8, 4) is 0 Å². The van der Waals surface area contributed by atoms with Crippen LogP contribution in [-0.4, -0.2) is 9.97 Å².